The monoisotopic (exact) mass is 419 g/mol. The Morgan fingerprint density at radius 2 is 1.87 bits per heavy atom. The molecular formula is C23H33NO6. The van der Waals surface area contributed by atoms with Gasteiger partial charge in [-0.2, -0.15) is 0 Å². The smallest absolute Gasteiger partial charge is 0.317 e. The molecule has 3 rings (SSSR count). The van der Waals surface area contributed by atoms with Crippen LogP contribution in [0, 0.1) is 17.8 Å². The first-order valence-electron chi connectivity index (χ1n) is 10.7. The summed E-state index contributed by atoms with van der Waals surface area (Å²) < 4.78 is 16.4. The summed E-state index contributed by atoms with van der Waals surface area (Å²) >= 11 is 0. The standard InChI is InChI=1S/C23H33NO6/c1-14(2)7-16-12-24-6-5-15-9-20(28-3)21(29-4)10-18(15)19(24)8-17(16)13-30-23(27)11-22(25)26/h9-10,14,16-17,19H,5-8,11-13H2,1-4H3,(H,25,26). The second-order valence-electron chi connectivity index (χ2n) is 8.81. The zero-order valence-electron chi connectivity index (χ0n) is 18.3. The van der Waals surface area contributed by atoms with Gasteiger partial charge in [0.2, 0.25) is 0 Å². The number of methoxy groups -OCH3 is 2. The molecule has 1 aromatic rings. The fourth-order valence-corrected chi connectivity index (χ4v) is 4.96. The first-order valence-corrected chi connectivity index (χ1v) is 10.7. The van der Waals surface area contributed by atoms with Crippen molar-refractivity contribution in [2.24, 2.45) is 17.8 Å². The van der Waals surface area contributed by atoms with Crippen molar-refractivity contribution < 1.29 is 28.9 Å². The van der Waals surface area contributed by atoms with Gasteiger partial charge in [-0.05, 0) is 60.3 Å². The largest absolute Gasteiger partial charge is 0.493 e. The van der Waals surface area contributed by atoms with Crippen LogP contribution in [0.3, 0.4) is 0 Å². The van der Waals surface area contributed by atoms with Crippen LogP contribution < -0.4 is 9.47 Å². The Morgan fingerprint density at radius 3 is 2.50 bits per heavy atom. The Morgan fingerprint density at radius 1 is 1.17 bits per heavy atom. The zero-order valence-corrected chi connectivity index (χ0v) is 18.3. The van der Waals surface area contributed by atoms with Gasteiger partial charge in [0.05, 0.1) is 20.8 Å². The highest BCUT2D eigenvalue weighted by atomic mass is 16.5. The number of aliphatic carboxylic acids is 1. The molecule has 7 heteroatoms. The molecule has 1 fully saturated rings. The van der Waals surface area contributed by atoms with Crippen molar-refractivity contribution in [1.29, 1.82) is 0 Å². The Bertz CT molecular complexity index is 777. The summed E-state index contributed by atoms with van der Waals surface area (Å²) in [5, 5.41) is 8.82. The number of hydrogen-bond acceptors (Lipinski definition) is 6. The lowest BCUT2D eigenvalue weighted by Gasteiger charge is -2.47. The van der Waals surface area contributed by atoms with Gasteiger partial charge in [-0.25, -0.2) is 0 Å². The van der Waals surface area contributed by atoms with Crippen LogP contribution in [-0.2, 0) is 20.7 Å². The Labute approximate surface area is 178 Å². The topological polar surface area (TPSA) is 85.3 Å². The van der Waals surface area contributed by atoms with Gasteiger partial charge in [0.15, 0.2) is 11.5 Å². The number of carbonyl (C=O) groups excluding carboxylic acids is 1. The van der Waals surface area contributed by atoms with E-state index in [4.69, 9.17) is 19.3 Å². The van der Waals surface area contributed by atoms with Gasteiger partial charge < -0.3 is 19.3 Å². The van der Waals surface area contributed by atoms with Crippen LogP contribution in [-0.4, -0.2) is 55.9 Å². The summed E-state index contributed by atoms with van der Waals surface area (Å²) in [6.07, 6.45) is 2.32. The Hall–Kier alpha value is -2.28. The van der Waals surface area contributed by atoms with Crippen molar-refractivity contribution >= 4 is 11.9 Å². The van der Waals surface area contributed by atoms with Gasteiger partial charge in [-0.15, -0.1) is 0 Å². The molecule has 166 valence electrons. The van der Waals surface area contributed by atoms with Crippen LogP contribution in [0.2, 0.25) is 0 Å². The van der Waals surface area contributed by atoms with E-state index in [-0.39, 0.29) is 18.6 Å². The molecule has 3 atom stereocenters. The Balaban J connectivity index is 1.82. The van der Waals surface area contributed by atoms with Gasteiger partial charge in [0.25, 0.3) is 0 Å². The number of rotatable bonds is 8. The van der Waals surface area contributed by atoms with Crippen molar-refractivity contribution in [2.75, 3.05) is 33.9 Å². The van der Waals surface area contributed by atoms with E-state index < -0.39 is 18.4 Å². The first kappa shape index (κ1) is 22.4. The van der Waals surface area contributed by atoms with Crippen LogP contribution in [0.25, 0.3) is 0 Å². The summed E-state index contributed by atoms with van der Waals surface area (Å²) in [5.41, 5.74) is 2.53. The highest BCUT2D eigenvalue weighted by Gasteiger charge is 2.40. The minimum absolute atomic E-state index is 0.199. The van der Waals surface area contributed by atoms with Crippen LogP contribution >= 0.6 is 0 Å². The average Bonchev–Trinajstić information content (AvgIpc) is 2.70. The van der Waals surface area contributed by atoms with Crippen molar-refractivity contribution in [3.63, 3.8) is 0 Å². The molecule has 2 aliphatic rings. The predicted molar refractivity (Wildman–Crippen MR) is 112 cm³/mol. The van der Waals surface area contributed by atoms with E-state index in [9.17, 15) is 9.59 Å². The molecular weight excluding hydrogens is 386 g/mol. The molecule has 0 saturated carbocycles. The third-order valence-corrected chi connectivity index (χ3v) is 6.30. The van der Waals surface area contributed by atoms with Gasteiger partial charge in [0.1, 0.15) is 6.42 Å². The number of carboxylic acids is 1. The third-order valence-electron chi connectivity index (χ3n) is 6.30. The number of fused-ring (bicyclic) bond motifs is 3. The van der Waals surface area contributed by atoms with Gasteiger partial charge in [0, 0.05) is 19.1 Å². The molecule has 7 nitrogen and oxygen atoms in total. The summed E-state index contributed by atoms with van der Waals surface area (Å²) in [6, 6.07) is 4.40. The zero-order chi connectivity index (χ0) is 21.8. The minimum atomic E-state index is -1.16. The maximum atomic E-state index is 11.8. The molecule has 1 saturated heterocycles. The number of nitrogens with zero attached hydrogens (tertiary/aromatic N) is 1. The fraction of sp³-hybridized carbons (Fsp3) is 0.652. The maximum Gasteiger partial charge on any atom is 0.317 e. The summed E-state index contributed by atoms with van der Waals surface area (Å²) in [4.78, 5) is 25.1. The summed E-state index contributed by atoms with van der Waals surface area (Å²) in [6.45, 7) is 6.64. The molecule has 0 spiro atoms. The van der Waals surface area contributed by atoms with Crippen LogP contribution in [0.15, 0.2) is 12.1 Å². The normalized spacial score (nSPS) is 23.4. The second-order valence-corrected chi connectivity index (χ2v) is 8.81. The number of piperidine rings is 1. The van der Waals surface area contributed by atoms with E-state index in [1.807, 2.05) is 0 Å². The quantitative estimate of drug-likeness (QED) is 0.511. The number of esters is 1. The predicted octanol–water partition coefficient (Wildman–Crippen LogP) is 3.30. The third kappa shape index (κ3) is 5.06. The molecule has 30 heavy (non-hydrogen) atoms. The summed E-state index contributed by atoms with van der Waals surface area (Å²) in [7, 11) is 3.30. The highest BCUT2D eigenvalue weighted by molar-refractivity contribution is 5.90. The van der Waals surface area contributed by atoms with Crippen LogP contribution in [0.1, 0.15) is 50.3 Å². The lowest BCUT2D eigenvalue weighted by atomic mass is 9.74. The van der Waals surface area contributed by atoms with Gasteiger partial charge >= 0.3 is 11.9 Å². The second kappa shape index (κ2) is 9.69. The molecule has 0 bridgehead atoms. The van der Waals surface area contributed by atoms with Crippen molar-refractivity contribution in [3.05, 3.63) is 23.3 Å². The van der Waals surface area contributed by atoms with Crippen LogP contribution in [0.4, 0.5) is 0 Å². The number of benzene rings is 1. The van der Waals surface area contributed by atoms with Crippen molar-refractivity contribution in [3.8, 4) is 11.5 Å². The lowest BCUT2D eigenvalue weighted by molar-refractivity contribution is -0.153. The van der Waals surface area contributed by atoms with Crippen molar-refractivity contribution in [1.82, 2.24) is 4.90 Å². The number of hydrogen-bond donors (Lipinski definition) is 1. The maximum absolute atomic E-state index is 11.8. The molecule has 0 aliphatic carbocycles. The van der Waals surface area contributed by atoms with E-state index in [2.05, 4.69) is 30.9 Å². The lowest BCUT2D eigenvalue weighted by Crippen LogP contribution is -2.47. The average molecular weight is 420 g/mol. The molecule has 1 N–H and O–H groups in total. The summed E-state index contributed by atoms with van der Waals surface area (Å²) in [5.74, 6) is 0.819. The Kier molecular flexibility index (Phi) is 7.23. The molecule has 2 aliphatic heterocycles. The molecule has 0 amide bonds. The van der Waals surface area contributed by atoms with Gasteiger partial charge in [-0.1, -0.05) is 13.8 Å². The molecule has 1 aromatic carbocycles. The number of carboxylic acid groups (broad SMARTS) is 1. The molecule has 2 heterocycles. The van der Waals surface area contributed by atoms with Crippen LogP contribution in [0.5, 0.6) is 11.5 Å². The van der Waals surface area contributed by atoms with E-state index >= 15 is 0 Å². The number of ether oxygens (including phenoxy) is 3. The molecule has 0 aromatic heterocycles. The van der Waals surface area contributed by atoms with E-state index in [1.165, 1.54) is 11.1 Å². The van der Waals surface area contributed by atoms with Crippen molar-refractivity contribution in [2.45, 2.75) is 45.6 Å². The van der Waals surface area contributed by atoms with E-state index in [0.717, 1.165) is 43.9 Å². The molecule has 0 radical (unpaired) electrons. The first-order chi connectivity index (χ1) is 14.3. The SMILES string of the molecule is COc1cc2c(cc1OC)C1CC(COC(=O)CC(=O)O)C(CC(C)C)CN1CC2. The molecule has 3 unspecified atom stereocenters. The number of carbonyl (C=O) groups is 2. The van der Waals surface area contributed by atoms with E-state index in [1.54, 1.807) is 14.2 Å². The minimum Gasteiger partial charge on any atom is -0.493 e. The highest BCUT2D eigenvalue weighted by Crippen LogP contribution is 2.45. The van der Waals surface area contributed by atoms with E-state index in [0.29, 0.717) is 11.8 Å². The van der Waals surface area contributed by atoms with Gasteiger partial charge in [-0.3, -0.25) is 14.5 Å². The fourth-order valence-electron chi connectivity index (χ4n) is 4.96.